The first-order chi connectivity index (χ1) is 11.5. The summed E-state index contributed by atoms with van der Waals surface area (Å²) in [7, 11) is 1.62. The van der Waals surface area contributed by atoms with Gasteiger partial charge in [0.05, 0.1) is 13.2 Å². The lowest BCUT2D eigenvalue weighted by Gasteiger charge is -2.20. The maximum atomic E-state index is 13.0. The maximum absolute atomic E-state index is 13.0. The summed E-state index contributed by atoms with van der Waals surface area (Å²) in [4.78, 5) is 12.2. The molecule has 0 saturated carbocycles. The minimum atomic E-state index is -0.358. The molecule has 0 aromatic heterocycles. The van der Waals surface area contributed by atoms with Gasteiger partial charge in [0.15, 0.2) is 0 Å². The summed E-state index contributed by atoms with van der Waals surface area (Å²) in [6.07, 6.45) is 0. The Kier molecular flexibility index (Phi) is 6.32. The lowest BCUT2D eigenvalue weighted by atomic mass is 10.1. The zero-order valence-corrected chi connectivity index (χ0v) is 14.2. The van der Waals surface area contributed by atoms with Crippen molar-refractivity contribution >= 4 is 5.91 Å². The Hall–Kier alpha value is -2.40. The van der Waals surface area contributed by atoms with Crippen LogP contribution in [0.4, 0.5) is 4.39 Å². The van der Waals surface area contributed by atoms with Crippen molar-refractivity contribution in [2.45, 2.75) is 32.5 Å². The molecule has 0 aliphatic rings. The molecule has 2 aromatic carbocycles. The first-order valence-electron chi connectivity index (χ1n) is 7.91. The fraction of sp³-hybridized carbons (Fsp3) is 0.316. The van der Waals surface area contributed by atoms with Crippen LogP contribution in [0.25, 0.3) is 0 Å². The van der Waals surface area contributed by atoms with Gasteiger partial charge in [-0.15, -0.1) is 0 Å². The van der Waals surface area contributed by atoms with Crippen molar-refractivity contribution in [1.82, 2.24) is 10.6 Å². The molecule has 0 spiro atoms. The molecule has 2 atom stereocenters. The zero-order valence-electron chi connectivity index (χ0n) is 14.2. The lowest BCUT2D eigenvalue weighted by molar-refractivity contribution is -0.123. The number of halogens is 1. The molecular formula is C19H23FN2O2. The van der Waals surface area contributed by atoms with E-state index in [1.165, 1.54) is 12.1 Å². The molecule has 0 bridgehead atoms. The summed E-state index contributed by atoms with van der Waals surface area (Å²) in [5.41, 5.74) is 1.94. The van der Waals surface area contributed by atoms with Crippen LogP contribution in [-0.2, 0) is 11.3 Å². The number of methoxy groups -OCH3 is 1. The second-order valence-corrected chi connectivity index (χ2v) is 5.73. The van der Waals surface area contributed by atoms with Crippen LogP contribution in [0.5, 0.6) is 5.75 Å². The third kappa shape index (κ3) is 5.06. The number of carbonyl (C=O) groups is 1. The average Bonchev–Trinajstić information content (AvgIpc) is 2.60. The van der Waals surface area contributed by atoms with Crippen molar-refractivity contribution in [3.63, 3.8) is 0 Å². The smallest absolute Gasteiger partial charge is 0.237 e. The molecular weight excluding hydrogens is 307 g/mol. The second kappa shape index (κ2) is 8.45. The van der Waals surface area contributed by atoms with Crippen molar-refractivity contribution in [1.29, 1.82) is 0 Å². The average molecular weight is 330 g/mol. The molecule has 0 radical (unpaired) electrons. The van der Waals surface area contributed by atoms with Crippen molar-refractivity contribution < 1.29 is 13.9 Å². The van der Waals surface area contributed by atoms with Gasteiger partial charge in [-0.1, -0.05) is 24.3 Å². The van der Waals surface area contributed by atoms with E-state index in [0.717, 1.165) is 16.9 Å². The molecule has 0 fully saturated rings. The number of hydrogen-bond donors (Lipinski definition) is 2. The van der Waals surface area contributed by atoms with Crippen LogP contribution >= 0.6 is 0 Å². The van der Waals surface area contributed by atoms with E-state index in [4.69, 9.17) is 4.74 Å². The van der Waals surface area contributed by atoms with Crippen molar-refractivity contribution in [2.75, 3.05) is 7.11 Å². The Balaban J connectivity index is 1.83. The van der Waals surface area contributed by atoms with Gasteiger partial charge in [-0.05, 0) is 49.2 Å². The summed E-state index contributed by atoms with van der Waals surface area (Å²) in [5, 5.41) is 6.12. The highest BCUT2D eigenvalue weighted by Gasteiger charge is 2.16. The van der Waals surface area contributed by atoms with Crippen LogP contribution in [0, 0.1) is 5.82 Å². The lowest BCUT2D eigenvalue weighted by Crippen LogP contribution is -2.42. The number of rotatable bonds is 7. The quantitative estimate of drug-likeness (QED) is 0.820. The van der Waals surface area contributed by atoms with E-state index in [0.29, 0.717) is 6.54 Å². The molecule has 128 valence electrons. The van der Waals surface area contributed by atoms with Gasteiger partial charge in [-0.3, -0.25) is 10.1 Å². The molecule has 0 heterocycles. The maximum Gasteiger partial charge on any atom is 0.237 e. The zero-order chi connectivity index (χ0) is 17.5. The van der Waals surface area contributed by atoms with Crippen LogP contribution in [-0.4, -0.2) is 19.1 Å². The first kappa shape index (κ1) is 17.9. The Bertz CT molecular complexity index is 656. The predicted molar refractivity (Wildman–Crippen MR) is 92.3 cm³/mol. The summed E-state index contributed by atoms with van der Waals surface area (Å²) in [5.74, 6) is 0.434. The van der Waals surface area contributed by atoms with Gasteiger partial charge in [0.25, 0.3) is 0 Å². The third-order valence-corrected chi connectivity index (χ3v) is 3.89. The standard InChI is InChI=1S/C19H23FN2O2/c1-13(16-6-8-17(20)9-7-16)22-14(2)19(23)21-12-15-4-10-18(24-3)11-5-15/h4-11,13-14,22H,12H2,1-3H3,(H,21,23)/t13-,14-/m1/s1. The summed E-state index contributed by atoms with van der Waals surface area (Å²) in [6.45, 7) is 4.21. The SMILES string of the molecule is COc1ccc(CNC(=O)[C@@H](C)N[C@H](C)c2ccc(F)cc2)cc1. The van der Waals surface area contributed by atoms with Gasteiger partial charge in [0.2, 0.25) is 5.91 Å². The molecule has 1 amide bonds. The number of benzene rings is 2. The number of carbonyl (C=O) groups excluding carboxylic acids is 1. The number of amides is 1. The van der Waals surface area contributed by atoms with Crippen LogP contribution < -0.4 is 15.4 Å². The van der Waals surface area contributed by atoms with Gasteiger partial charge in [-0.25, -0.2) is 4.39 Å². The minimum absolute atomic E-state index is 0.0488. The molecule has 4 nitrogen and oxygen atoms in total. The Labute approximate surface area is 142 Å². The van der Waals surface area contributed by atoms with Crippen LogP contribution in [0.2, 0.25) is 0 Å². The molecule has 0 unspecified atom stereocenters. The molecule has 0 aliphatic heterocycles. The van der Waals surface area contributed by atoms with Gasteiger partial charge in [0, 0.05) is 12.6 Å². The van der Waals surface area contributed by atoms with Crippen molar-refractivity contribution in [3.05, 3.63) is 65.5 Å². The highest BCUT2D eigenvalue weighted by molar-refractivity contribution is 5.81. The predicted octanol–water partition coefficient (Wildman–Crippen LogP) is 3.19. The number of nitrogens with one attached hydrogen (secondary N) is 2. The largest absolute Gasteiger partial charge is 0.497 e. The molecule has 2 aromatic rings. The van der Waals surface area contributed by atoms with Crippen LogP contribution in [0.1, 0.15) is 31.0 Å². The van der Waals surface area contributed by atoms with Gasteiger partial charge in [-0.2, -0.15) is 0 Å². The van der Waals surface area contributed by atoms with E-state index >= 15 is 0 Å². The van der Waals surface area contributed by atoms with Gasteiger partial charge >= 0.3 is 0 Å². The molecule has 24 heavy (non-hydrogen) atoms. The normalized spacial score (nSPS) is 13.2. The van der Waals surface area contributed by atoms with E-state index in [1.807, 2.05) is 38.1 Å². The van der Waals surface area contributed by atoms with Crippen molar-refractivity contribution in [3.8, 4) is 5.75 Å². The summed E-state index contributed by atoms with van der Waals surface area (Å²) in [6, 6.07) is 13.4. The number of hydrogen-bond acceptors (Lipinski definition) is 3. The molecule has 2 N–H and O–H groups in total. The molecule has 2 rings (SSSR count). The fourth-order valence-corrected chi connectivity index (χ4v) is 2.38. The van der Waals surface area contributed by atoms with Gasteiger partial charge in [0.1, 0.15) is 11.6 Å². The van der Waals surface area contributed by atoms with Gasteiger partial charge < -0.3 is 10.1 Å². The first-order valence-corrected chi connectivity index (χ1v) is 7.91. The van der Waals surface area contributed by atoms with E-state index in [-0.39, 0.29) is 23.8 Å². The van der Waals surface area contributed by atoms with E-state index in [2.05, 4.69) is 10.6 Å². The summed E-state index contributed by atoms with van der Waals surface area (Å²) >= 11 is 0. The van der Waals surface area contributed by atoms with E-state index in [9.17, 15) is 9.18 Å². The van der Waals surface area contributed by atoms with E-state index in [1.54, 1.807) is 19.2 Å². The fourth-order valence-electron chi connectivity index (χ4n) is 2.38. The highest BCUT2D eigenvalue weighted by atomic mass is 19.1. The monoisotopic (exact) mass is 330 g/mol. The summed E-state index contributed by atoms with van der Waals surface area (Å²) < 4.78 is 18.1. The van der Waals surface area contributed by atoms with Crippen LogP contribution in [0.3, 0.4) is 0 Å². The Morgan fingerprint density at radius 2 is 1.71 bits per heavy atom. The molecule has 0 saturated heterocycles. The highest BCUT2D eigenvalue weighted by Crippen LogP contribution is 2.14. The molecule has 5 heteroatoms. The van der Waals surface area contributed by atoms with E-state index < -0.39 is 0 Å². The van der Waals surface area contributed by atoms with Crippen molar-refractivity contribution in [2.24, 2.45) is 0 Å². The molecule has 0 aliphatic carbocycles. The third-order valence-electron chi connectivity index (χ3n) is 3.89. The number of ether oxygens (including phenoxy) is 1. The second-order valence-electron chi connectivity index (χ2n) is 5.73. The minimum Gasteiger partial charge on any atom is -0.497 e. The Morgan fingerprint density at radius 3 is 2.29 bits per heavy atom. The van der Waals surface area contributed by atoms with Crippen LogP contribution in [0.15, 0.2) is 48.5 Å². The topological polar surface area (TPSA) is 50.4 Å². The Morgan fingerprint density at radius 1 is 1.08 bits per heavy atom.